The van der Waals surface area contributed by atoms with Gasteiger partial charge in [-0.25, -0.2) is 0 Å². The van der Waals surface area contributed by atoms with E-state index in [0.29, 0.717) is 0 Å². The summed E-state index contributed by atoms with van der Waals surface area (Å²) in [7, 11) is -43.8. The second-order valence-corrected chi connectivity index (χ2v) is 31.6. The van der Waals surface area contributed by atoms with Crippen molar-refractivity contribution in [3.8, 4) is 0 Å². The molecule has 0 aromatic rings. The number of rotatable bonds is 21. The van der Waals surface area contributed by atoms with E-state index < -0.39 is 316 Å². The molecule has 616 valence electrons. The topological polar surface area (TPSA) is 919 Å². The molecule has 77 heteroatoms. The molecule has 21 fully saturated rings. The summed E-state index contributed by atoms with van der Waals surface area (Å²) in [5, 5.41) is 162. The molecule has 21 saturated heterocycles. The molecule has 0 amide bonds. The number of aliphatic hydroxyl groups is 14. The van der Waals surface area contributed by atoms with Crippen molar-refractivity contribution < 1.29 is 684 Å². The van der Waals surface area contributed by atoms with Crippen molar-refractivity contribution in [2.75, 3.05) is 46.2 Å². The normalized spacial score (nSPS) is 39.6. The van der Waals surface area contributed by atoms with Crippen LogP contribution in [0.1, 0.15) is 0 Å². The predicted molar refractivity (Wildman–Crippen MR) is 274 cm³/mol. The molecule has 21 aliphatic rings. The number of phosphoric ester groups is 7. The molecular weight excluding hydrogens is 1940 g/mol. The quantitative estimate of drug-likeness (QED) is 0.0375. The van der Waals surface area contributed by atoms with E-state index in [2.05, 4.69) is 31.7 Å². The summed E-state index contributed by atoms with van der Waals surface area (Å²) >= 11 is 0. The fourth-order valence-electron chi connectivity index (χ4n) is 11.5. The minimum absolute atomic E-state index is 0. The first-order valence-corrected chi connectivity index (χ1v) is 39.8. The van der Waals surface area contributed by atoms with Gasteiger partial charge in [-0.1, -0.05) is 0 Å². The Labute approximate surface area is 982 Å². The molecule has 0 aromatic heterocycles. The second kappa shape index (κ2) is 63.1. The molecule has 0 radical (unpaired) electrons. The van der Waals surface area contributed by atoms with Crippen molar-refractivity contribution in [2.45, 2.75) is 215 Å². The van der Waals surface area contributed by atoms with E-state index >= 15 is 0 Å². The summed E-state index contributed by atoms with van der Waals surface area (Å²) in [6, 6.07) is 0. The number of hydrogen-bond acceptors (Lipinski definition) is 56. The molecule has 0 aromatic carbocycles. The molecule has 35 atom stereocenters. The van der Waals surface area contributed by atoms with Gasteiger partial charge in [0.15, 0.2) is 44.0 Å². The molecule has 35 unspecified atom stereocenters. The van der Waals surface area contributed by atoms with E-state index in [9.17, 15) is 172 Å². The number of aliphatic hydroxyl groups excluding tert-OH is 14. The van der Waals surface area contributed by atoms with Crippen molar-refractivity contribution >= 4 is 54.8 Å². The molecule has 0 aliphatic carbocycles. The van der Waals surface area contributed by atoms with Crippen LogP contribution >= 0.6 is 54.8 Å². The monoisotopic (exact) mass is 2000 g/mol. The maximum Gasteiger partial charge on any atom is 1.00 e. The average molecular weight is 2000 g/mol. The van der Waals surface area contributed by atoms with Crippen LogP contribution in [-0.2, 0) is 130 Å². The minimum Gasteiger partial charge on any atom is -0.790 e. The number of hydrogen-bond donors (Lipinski definition) is 14. The Kier molecular flexibility index (Phi) is 77.3. The molecule has 0 spiro atoms. The first-order valence-electron chi connectivity index (χ1n) is 29.5. The summed E-state index contributed by atoms with van der Waals surface area (Å²) in [6.45, 7) is -12.1. The van der Waals surface area contributed by atoms with Gasteiger partial charge in [-0.05, 0) is 0 Å². The van der Waals surface area contributed by atoms with Crippen molar-refractivity contribution in [3.63, 3.8) is 0 Å². The van der Waals surface area contributed by atoms with Crippen LogP contribution in [0, 0.1) is 0 Å². The molecule has 14 bridgehead atoms. The Bertz CT molecular complexity index is 2650. The molecule has 0 saturated carbocycles. The van der Waals surface area contributed by atoms with Gasteiger partial charge >= 0.3 is 414 Å². The molecule has 56 nitrogen and oxygen atoms in total. The van der Waals surface area contributed by atoms with Gasteiger partial charge in [0, 0.05) is 0 Å². The van der Waals surface area contributed by atoms with Crippen LogP contribution in [0.25, 0.3) is 0 Å². The Hall–Kier alpha value is 13.7. The Balaban J connectivity index is -0.00000179. The van der Waals surface area contributed by atoms with Gasteiger partial charge in [-0.2, -0.15) is 0 Å². The fraction of sp³-hybridized carbons (Fsp3) is 1.00. The van der Waals surface area contributed by atoms with Crippen LogP contribution in [-0.4, -0.2) is 333 Å². The maximum absolute atomic E-state index is 11.9. The van der Waals surface area contributed by atoms with Crippen LogP contribution < -0.4 is 482 Å². The standard InChI is InChI=1S/C42H77O56P7.14Na/c43-15-22(50)36-85-8(1-78-99(57,58)59)29(15)92-37-23(51)16(44)31(10(86-37)3-80-101(63,64)65)94-39-25(53)18(46)33(12(88-39)5-82-103(69,70)71)96-41-27(55)20(48)35(14(90-41)7-84-105(75,76)77)98-42-28(56)21(49)34(13(91-42)6-83-104(72,73)74)97-40-26(54)19(47)32(11(89-40)4-81-102(66,67)68)95-38-24(52)17(45)30(93-36)9(87-38)2-79-100(60,61)62;;;;;;;;;;;;;;/h8-56H,1-7H2,(H2,57,58,59)(H2,60,61,62)(H2,63,64,65)(H2,66,67,68)(H2,69,70,71)(H2,72,73,74)(H2,75,76,77);;;;;;;;;;;;;;/q;14*+1/p-14. The van der Waals surface area contributed by atoms with Gasteiger partial charge in [0.2, 0.25) is 0 Å². The van der Waals surface area contributed by atoms with Crippen molar-refractivity contribution in [2.24, 2.45) is 0 Å². The van der Waals surface area contributed by atoms with Gasteiger partial charge in [-0.3, -0.25) is 0 Å². The van der Waals surface area contributed by atoms with Crippen LogP contribution in [0.4, 0.5) is 0 Å². The van der Waals surface area contributed by atoms with Gasteiger partial charge in [0.1, 0.15) is 171 Å². The number of ether oxygens (including phenoxy) is 14. The van der Waals surface area contributed by atoms with Gasteiger partial charge in [-0.15, -0.1) is 0 Å². The van der Waals surface area contributed by atoms with Gasteiger partial charge in [0.05, 0.1) is 101 Å². The second-order valence-electron chi connectivity index (χ2n) is 23.6. The SMILES string of the molecule is O=P([O-])([O-])OCC1OC2OC3C(COP(=O)([O-])[O-])OC(OC4C(COP(=O)([O-])[O-])OC(OC5C(COP(=O)([O-])[O-])OC(OC6C(COP(=O)([O-])[O-])OC(OC7C(COP(=O)([O-])[O-])OC(OC8C(COP(=O)([O-])[O-])OC(OC1C(O)C2O)C(O)C8O)C(O)C7O)C(O)C6O)C(O)C5O)C(O)C4O)C(O)C3O.[Na+].[Na+].[Na+].[Na+].[Na+].[Na+].[Na+].[Na+].[Na+].[Na+].[Na+].[Na+].[Na+].[Na+]. The summed E-state index contributed by atoms with van der Waals surface area (Å²) in [6.07, 6.45) is -94.9. The zero-order chi connectivity index (χ0) is 78.5. The predicted octanol–water partition coefficient (Wildman–Crippen LogP) is -65.2. The first-order chi connectivity index (χ1) is 48.2. The third-order valence-electron chi connectivity index (χ3n) is 16.3. The van der Waals surface area contributed by atoms with Crippen LogP contribution in [0.3, 0.4) is 0 Å². The van der Waals surface area contributed by atoms with E-state index in [-0.39, 0.29) is 414 Å². The third-order valence-corrected chi connectivity index (χ3v) is 19.6. The van der Waals surface area contributed by atoms with E-state index in [0.717, 1.165) is 0 Å². The van der Waals surface area contributed by atoms with E-state index in [1.807, 2.05) is 0 Å². The third kappa shape index (κ3) is 44.2. The zero-order valence-electron chi connectivity index (χ0n) is 65.7. The average Bonchev–Trinajstić information content (AvgIpc) is 0.843. The Morgan fingerprint density at radius 2 is 0.252 bits per heavy atom. The molecule has 21 heterocycles. The Morgan fingerprint density at radius 3 is 0.328 bits per heavy atom. The van der Waals surface area contributed by atoms with Crippen LogP contribution in [0.2, 0.25) is 0 Å². The summed E-state index contributed by atoms with van der Waals surface area (Å²) in [5.74, 6) is 0. The van der Waals surface area contributed by atoms with Crippen molar-refractivity contribution in [1.82, 2.24) is 0 Å². The zero-order valence-corrected chi connectivity index (χ0v) is 100.0. The fourth-order valence-corrected chi connectivity index (χ4v) is 13.8. The smallest absolute Gasteiger partial charge is 0.790 e. The maximum atomic E-state index is 11.9. The molecular formula is C42H63Na14O56P7. The first kappa shape index (κ1) is 146. The van der Waals surface area contributed by atoms with Gasteiger partial charge in [0.25, 0.3) is 0 Å². The van der Waals surface area contributed by atoms with Crippen molar-refractivity contribution in [1.29, 1.82) is 0 Å². The minimum atomic E-state index is -6.26. The van der Waals surface area contributed by atoms with Crippen LogP contribution in [0.5, 0.6) is 0 Å². The van der Waals surface area contributed by atoms with Crippen LogP contribution in [0.15, 0.2) is 0 Å². The van der Waals surface area contributed by atoms with E-state index in [4.69, 9.17) is 66.3 Å². The molecule has 21 rings (SSSR count). The van der Waals surface area contributed by atoms with Gasteiger partial charge < -0.3 is 270 Å². The summed E-state index contributed by atoms with van der Waals surface area (Å²) < 4.78 is 190. The molecule has 119 heavy (non-hydrogen) atoms. The number of phosphoric acid groups is 7. The summed E-state index contributed by atoms with van der Waals surface area (Å²) in [4.78, 5) is 166. The Morgan fingerprint density at radius 1 is 0.168 bits per heavy atom. The van der Waals surface area contributed by atoms with E-state index in [1.54, 1.807) is 0 Å². The molecule has 14 N–H and O–H groups in total. The van der Waals surface area contributed by atoms with E-state index in [1.165, 1.54) is 0 Å². The molecule has 21 aliphatic heterocycles. The summed E-state index contributed by atoms with van der Waals surface area (Å²) in [5.41, 5.74) is 0. The largest absolute Gasteiger partial charge is 1.00 e. The van der Waals surface area contributed by atoms with Crippen molar-refractivity contribution in [3.05, 3.63) is 0 Å².